The lowest BCUT2D eigenvalue weighted by Gasteiger charge is -2.16. The second kappa shape index (κ2) is 8.53. The highest BCUT2D eigenvalue weighted by molar-refractivity contribution is 5.75. The van der Waals surface area contributed by atoms with Crippen molar-refractivity contribution in [3.8, 4) is 0 Å². The highest BCUT2D eigenvalue weighted by atomic mass is 19.1. The number of anilines is 3. The summed E-state index contributed by atoms with van der Waals surface area (Å²) < 4.78 is 33.7. The zero-order valence-electron chi connectivity index (χ0n) is 14.9. The predicted octanol–water partition coefficient (Wildman–Crippen LogP) is 2.39. The van der Waals surface area contributed by atoms with E-state index in [4.69, 9.17) is 4.42 Å². The van der Waals surface area contributed by atoms with Crippen LogP contribution in [-0.2, 0) is 11.3 Å². The van der Waals surface area contributed by atoms with Gasteiger partial charge in [0.25, 0.3) is 0 Å². The lowest BCUT2D eigenvalue weighted by molar-refractivity contribution is -0.121. The molecule has 4 N–H and O–H groups in total. The summed E-state index contributed by atoms with van der Waals surface area (Å²) in [4.78, 5) is 11.4. The molecule has 8 nitrogen and oxygen atoms in total. The van der Waals surface area contributed by atoms with Crippen molar-refractivity contribution in [1.82, 2.24) is 15.1 Å². The first-order valence-electron chi connectivity index (χ1n) is 8.39. The van der Waals surface area contributed by atoms with Gasteiger partial charge in [-0.05, 0) is 17.7 Å². The quantitative estimate of drug-likeness (QED) is 0.470. The van der Waals surface area contributed by atoms with Gasteiger partial charge in [-0.15, -0.1) is 0 Å². The van der Waals surface area contributed by atoms with Gasteiger partial charge in [0.15, 0.2) is 5.88 Å². The van der Waals surface area contributed by atoms with Crippen molar-refractivity contribution in [2.45, 2.75) is 12.6 Å². The van der Waals surface area contributed by atoms with E-state index in [1.54, 1.807) is 19.3 Å². The minimum absolute atomic E-state index is 0.0888. The maximum atomic E-state index is 13.4. The van der Waals surface area contributed by atoms with E-state index in [9.17, 15) is 18.7 Å². The molecular formula is C18H19F2N5O3. The molecule has 148 valence electrons. The maximum Gasteiger partial charge on any atom is 0.241 e. The summed E-state index contributed by atoms with van der Waals surface area (Å²) in [5.74, 6) is -1.25. The Balaban J connectivity index is 1.65. The number of carbonyl (C=O) groups excluding carboxylic acids is 1. The monoisotopic (exact) mass is 391 g/mol. The summed E-state index contributed by atoms with van der Waals surface area (Å²) in [5, 5.41) is 22.1. The van der Waals surface area contributed by atoms with Crippen LogP contribution in [0.4, 0.5) is 26.0 Å². The van der Waals surface area contributed by atoms with Crippen LogP contribution in [0.15, 0.2) is 47.3 Å². The van der Waals surface area contributed by atoms with E-state index in [0.717, 1.165) is 18.2 Å². The van der Waals surface area contributed by atoms with Crippen molar-refractivity contribution in [2.24, 2.45) is 0 Å². The standard InChI is InChI=1S/C18H19F2N5O3/c1-21-17(27)8-25-7-15(6-22-25)24-18-5-14(10-28-18)23-16(9-26)11-2-12(19)4-13(20)3-11/h2-7,10,16,23-24,26H,8-9H2,1H3,(H,21,27). The number of amides is 1. The average Bonchev–Trinajstić information content (AvgIpc) is 3.28. The normalized spacial score (nSPS) is 11.9. The van der Waals surface area contributed by atoms with Gasteiger partial charge in [-0.2, -0.15) is 5.10 Å². The van der Waals surface area contributed by atoms with Crippen LogP contribution in [-0.4, -0.2) is 34.4 Å². The van der Waals surface area contributed by atoms with E-state index in [1.165, 1.54) is 17.1 Å². The number of hydrogen-bond acceptors (Lipinski definition) is 6. The molecule has 3 aromatic rings. The second-order valence-corrected chi connectivity index (χ2v) is 6.01. The van der Waals surface area contributed by atoms with E-state index in [0.29, 0.717) is 17.3 Å². The minimum atomic E-state index is -0.724. The summed E-state index contributed by atoms with van der Waals surface area (Å²) in [7, 11) is 1.54. The highest BCUT2D eigenvalue weighted by Gasteiger charge is 2.14. The number of rotatable bonds is 8. The molecule has 28 heavy (non-hydrogen) atoms. The fraction of sp³-hybridized carbons (Fsp3) is 0.222. The number of nitrogens with one attached hydrogen (secondary N) is 3. The molecule has 0 saturated heterocycles. The van der Waals surface area contributed by atoms with Crippen LogP contribution in [0.3, 0.4) is 0 Å². The Morgan fingerprint density at radius 2 is 2.00 bits per heavy atom. The molecular weight excluding hydrogens is 372 g/mol. The molecule has 0 aliphatic carbocycles. The molecule has 1 unspecified atom stereocenters. The number of furan rings is 1. The van der Waals surface area contributed by atoms with E-state index >= 15 is 0 Å². The number of halogens is 2. The van der Waals surface area contributed by atoms with Gasteiger partial charge in [-0.3, -0.25) is 9.48 Å². The third kappa shape index (κ3) is 4.86. The van der Waals surface area contributed by atoms with E-state index < -0.39 is 17.7 Å². The van der Waals surface area contributed by atoms with Crippen molar-refractivity contribution in [1.29, 1.82) is 0 Å². The Morgan fingerprint density at radius 1 is 1.25 bits per heavy atom. The van der Waals surface area contributed by atoms with Crippen molar-refractivity contribution in [2.75, 3.05) is 24.3 Å². The van der Waals surface area contributed by atoms with Gasteiger partial charge in [0.1, 0.15) is 24.4 Å². The van der Waals surface area contributed by atoms with Crippen LogP contribution in [0.5, 0.6) is 0 Å². The van der Waals surface area contributed by atoms with Crippen LogP contribution < -0.4 is 16.0 Å². The largest absolute Gasteiger partial charge is 0.446 e. The van der Waals surface area contributed by atoms with Crippen molar-refractivity contribution in [3.63, 3.8) is 0 Å². The number of aliphatic hydroxyl groups excluding tert-OH is 1. The third-order valence-corrected chi connectivity index (χ3v) is 3.90. The molecule has 0 spiro atoms. The molecule has 0 fully saturated rings. The number of nitrogens with zero attached hydrogens (tertiary/aromatic N) is 2. The van der Waals surface area contributed by atoms with E-state index in [2.05, 4.69) is 21.0 Å². The molecule has 1 aromatic carbocycles. The molecule has 1 amide bonds. The smallest absolute Gasteiger partial charge is 0.241 e. The van der Waals surface area contributed by atoms with Crippen molar-refractivity contribution >= 4 is 23.2 Å². The van der Waals surface area contributed by atoms with Gasteiger partial charge in [-0.25, -0.2) is 8.78 Å². The fourth-order valence-corrected chi connectivity index (χ4v) is 2.57. The molecule has 0 bridgehead atoms. The van der Waals surface area contributed by atoms with Gasteiger partial charge in [-0.1, -0.05) is 0 Å². The number of hydrogen-bond donors (Lipinski definition) is 4. The van der Waals surface area contributed by atoms with Crippen LogP contribution in [0.2, 0.25) is 0 Å². The number of benzene rings is 1. The highest BCUT2D eigenvalue weighted by Crippen LogP contribution is 2.26. The van der Waals surface area contributed by atoms with Gasteiger partial charge in [0, 0.05) is 25.4 Å². The molecule has 2 heterocycles. The summed E-state index contributed by atoms with van der Waals surface area (Å²) in [6.07, 6.45) is 4.57. The van der Waals surface area contributed by atoms with Gasteiger partial charge in [0.2, 0.25) is 5.91 Å². The molecule has 1 atom stereocenters. The topological polar surface area (TPSA) is 104 Å². The lowest BCUT2D eigenvalue weighted by atomic mass is 10.1. The van der Waals surface area contributed by atoms with Gasteiger partial charge < -0.3 is 25.5 Å². The van der Waals surface area contributed by atoms with Crippen molar-refractivity contribution in [3.05, 3.63) is 60.1 Å². The number of carbonyl (C=O) groups is 1. The number of aliphatic hydroxyl groups is 1. The molecule has 0 aliphatic rings. The first-order valence-corrected chi connectivity index (χ1v) is 8.39. The molecule has 0 radical (unpaired) electrons. The molecule has 0 saturated carbocycles. The SMILES string of the molecule is CNC(=O)Cn1cc(Nc2cc(NC(CO)c3cc(F)cc(F)c3)co2)cn1. The number of aromatic nitrogens is 2. The second-order valence-electron chi connectivity index (χ2n) is 6.01. The van der Waals surface area contributed by atoms with Crippen molar-refractivity contribution < 1.29 is 23.1 Å². The van der Waals surface area contributed by atoms with E-state index in [-0.39, 0.29) is 24.6 Å². The minimum Gasteiger partial charge on any atom is -0.446 e. The Bertz CT molecular complexity index is 936. The predicted molar refractivity (Wildman–Crippen MR) is 98.1 cm³/mol. The lowest BCUT2D eigenvalue weighted by Crippen LogP contribution is -2.23. The Kier molecular flexibility index (Phi) is 5.90. The molecule has 10 heteroatoms. The Morgan fingerprint density at radius 3 is 2.68 bits per heavy atom. The first-order chi connectivity index (χ1) is 13.5. The zero-order chi connectivity index (χ0) is 20.1. The Hall–Kier alpha value is -3.40. The fourth-order valence-electron chi connectivity index (χ4n) is 2.57. The maximum absolute atomic E-state index is 13.4. The summed E-state index contributed by atoms with van der Waals surface area (Å²) in [6.45, 7) is -0.283. The van der Waals surface area contributed by atoms with Crippen LogP contribution in [0.1, 0.15) is 11.6 Å². The average molecular weight is 391 g/mol. The third-order valence-electron chi connectivity index (χ3n) is 3.90. The van der Waals surface area contributed by atoms with Crippen LogP contribution >= 0.6 is 0 Å². The Labute approximate surface area is 159 Å². The van der Waals surface area contributed by atoms with Gasteiger partial charge in [0.05, 0.1) is 30.2 Å². The van der Waals surface area contributed by atoms with Crippen LogP contribution in [0.25, 0.3) is 0 Å². The van der Waals surface area contributed by atoms with Gasteiger partial charge >= 0.3 is 0 Å². The zero-order valence-corrected chi connectivity index (χ0v) is 14.9. The molecule has 0 aliphatic heterocycles. The van der Waals surface area contributed by atoms with E-state index in [1.807, 2.05) is 0 Å². The van der Waals surface area contributed by atoms with Crippen LogP contribution in [0, 0.1) is 11.6 Å². The summed E-state index contributed by atoms with van der Waals surface area (Å²) in [5.41, 5.74) is 1.38. The summed E-state index contributed by atoms with van der Waals surface area (Å²) in [6, 6.07) is 3.97. The molecule has 2 aromatic heterocycles. The first kappa shape index (κ1) is 19.4. The molecule has 3 rings (SSSR count). The summed E-state index contributed by atoms with van der Waals surface area (Å²) >= 11 is 0. The number of likely N-dealkylation sites (N-methyl/N-ethyl adjacent to an activating group) is 1.